The number of amides is 3. The van der Waals surface area contributed by atoms with E-state index in [0.29, 0.717) is 30.9 Å². The maximum absolute atomic E-state index is 12.4. The van der Waals surface area contributed by atoms with E-state index in [2.05, 4.69) is 27.7 Å². The van der Waals surface area contributed by atoms with E-state index in [-0.39, 0.29) is 11.9 Å². The number of para-hydroxylation sites is 1. The average Bonchev–Trinajstić information content (AvgIpc) is 2.69. The molecule has 2 N–H and O–H groups in total. The van der Waals surface area contributed by atoms with Crippen LogP contribution >= 0.6 is 0 Å². The van der Waals surface area contributed by atoms with Crippen LogP contribution in [0.3, 0.4) is 0 Å². The molecule has 0 unspecified atom stereocenters. The lowest BCUT2D eigenvalue weighted by atomic mass is 10.2. The maximum Gasteiger partial charge on any atom is 0.321 e. The van der Waals surface area contributed by atoms with Gasteiger partial charge in [-0.15, -0.1) is 0 Å². The smallest absolute Gasteiger partial charge is 0.321 e. The van der Waals surface area contributed by atoms with Crippen molar-refractivity contribution in [1.82, 2.24) is 10.2 Å². The lowest BCUT2D eigenvalue weighted by molar-refractivity contribution is 0.0956. The summed E-state index contributed by atoms with van der Waals surface area (Å²) in [7, 11) is 0. The molecule has 1 saturated heterocycles. The lowest BCUT2D eigenvalue weighted by Crippen LogP contribution is -2.50. The lowest BCUT2D eigenvalue weighted by Gasteiger charge is -2.36. The van der Waals surface area contributed by atoms with Gasteiger partial charge in [0.05, 0.1) is 0 Å². The van der Waals surface area contributed by atoms with Gasteiger partial charge in [0, 0.05) is 49.7 Å². The third-order valence-electron chi connectivity index (χ3n) is 4.42. The molecule has 2 aromatic rings. The number of anilines is 2. The summed E-state index contributed by atoms with van der Waals surface area (Å²) in [6, 6.07) is 17.1. The molecule has 0 bridgehead atoms. The van der Waals surface area contributed by atoms with E-state index in [9.17, 15) is 9.59 Å². The number of carbonyl (C=O) groups excluding carboxylic acids is 2. The van der Waals surface area contributed by atoms with Crippen molar-refractivity contribution in [2.24, 2.45) is 0 Å². The molecule has 0 spiro atoms. The molecule has 0 aromatic heterocycles. The molecule has 3 rings (SSSR count). The van der Waals surface area contributed by atoms with Crippen molar-refractivity contribution in [1.29, 1.82) is 0 Å². The van der Waals surface area contributed by atoms with Gasteiger partial charge in [-0.3, -0.25) is 4.79 Å². The van der Waals surface area contributed by atoms with Gasteiger partial charge in [0.2, 0.25) is 0 Å². The zero-order chi connectivity index (χ0) is 18.4. The number of nitrogens with one attached hydrogen (secondary N) is 2. The molecule has 1 aliphatic heterocycles. The first kappa shape index (κ1) is 17.8. The summed E-state index contributed by atoms with van der Waals surface area (Å²) in [5.74, 6) is -0.109. The standard InChI is InChI=1S/C20H24N4O2/c1-2-21-19(25)16-8-10-17(11-9-16)22-20(26)24-14-12-23(13-15-24)18-6-4-3-5-7-18/h3-11H,2,12-15H2,1H3,(H,21,25)(H,22,26). The van der Waals surface area contributed by atoms with Gasteiger partial charge in [0.15, 0.2) is 0 Å². The Labute approximate surface area is 153 Å². The van der Waals surface area contributed by atoms with Gasteiger partial charge in [0.1, 0.15) is 0 Å². The van der Waals surface area contributed by atoms with Crippen LogP contribution in [0, 0.1) is 0 Å². The molecule has 3 amide bonds. The number of hydrogen-bond acceptors (Lipinski definition) is 3. The van der Waals surface area contributed by atoms with Gasteiger partial charge in [-0.1, -0.05) is 18.2 Å². The highest BCUT2D eigenvalue weighted by Gasteiger charge is 2.21. The number of hydrogen-bond donors (Lipinski definition) is 2. The van der Waals surface area contributed by atoms with Crippen LogP contribution in [0.2, 0.25) is 0 Å². The Kier molecular flexibility index (Phi) is 5.73. The van der Waals surface area contributed by atoms with Crippen molar-refractivity contribution in [2.45, 2.75) is 6.92 Å². The zero-order valence-electron chi connectivity index (χ0n) is 14.9. The highest BCUT2D eigenvalue weighted by atomic mass is 16.2. The first-order valence-electron chi connectivity index (χ1n) is 8.91. The number of carbonyl (C=O) groups is 2. The van der Waals surface area contributed by atoms with E-state index in [1.54, 1.807) is 24.3 Å². The van der Waals surface area contributed by atoms with E-state index >= 15 is 0 Å². The molecule has 0 saturated carbocycles. The van der Waals surface area contributed by atoms with Crippen LogP contribution < -0.4 is 15.5 Å². The summed E-state index contributed by atoms with van der Waals surface area (Å²) >= 11 is 0. The van der Waals surface area contributed by atoms with Gasteiger partial charge in [-0.05, 0) is 43.3 Å². The first-order chi connectivity index (χ1) is 12.7. The van der Waals surface area contributed by atoms with Gasteiger partial charge in [0.25, 0.3) is 5.91 Å². The van der Waals surface area contributed by atoms with Crippen LogP contribution in [0.15, 0.2) is 54.6 Å². The first-order valence-corrected chi connectivity index (χ1v) is 8.91. The molecule has 6 heteroatoms. The van der Waals surface area contributed by atoms with Crippen molar-refractivity contribution in [2.75, 3.05) is 42.9 Å². The fourth-order valence-electron chi connectivity index (χ4n) is 2.98. The second-order valence-corrected chi connectivity index (χ2v) is 6.18. The Morgan fingerprint density at radius 3 is 2.19 bits per heavy atom. The van der Waals surface area contributed by atoms with Crippen LogP contribution in [-0.2, 0) is 0 Å². The van der Waals surface area contributed by atoms with Gasteiger partial charge in [-0.25, -0.2) is 4.79 Å². The molecule has 6 nitrogen and oxygen atoms in total. The Bertz CT molecular complexity index is 738. The second kappa shape index (κ2) is 8.38. The van der Waals surface area contributed by atoms with Crippen molar-refractivity contribution < 1.29 is 9.59 Å². The molecule has 0 radical (unpaired) electrons. The molecule has 1 fully saturated rings. The molecule has 0 aliphatic carbocycles. The fourth-order valence-corrected chi connectivity index (χ4v) is 2.98. The summed E-state index contributed by atoms with van der Waals surface area (Å²) in [6.45, 7) is 5.45. The number of rotatable bonds is 4. The number of piperazine rings is 1. The molecule has 26 heavy (non-hydrogen) atoms. The Hall–Kier alpha value is -3.02. The third kappa shape index (κ3) is 4.33. The predicted molar refractivity (Wildman–Crippen MR) is 104 cm³/mol. The topological polar surface area (TPSA) is 64.7 Å². The van der Waals surface area contributed by atoms with Crippen LogP contribution in [0.25, 0.3) is 0 Å². The third-order valence-corrected chi connectivity index (χ3v) is 4.42. The highest BCUT2D eigenvalue weighted by Crippen LogP contribution is 2.16. The SMILES string of the molecule is CCNC(=O)c1ccc(NC(=O)N2CCN(c3ccccc3)CC2)cc1. The van der Waals surface area contributed by atoms with Crippen molar-refractivity contribution in [3.63, 3.8) is 0 Å². The summed E-state index contributed by atoms with van der Waals surface area (Å²) in [6.07, 6.45) is 0. The number of nitrogens with zero attached hydrogens (tertiary/aromatic N) is 2. The van der Waals surface area contributed by atoms with Crippen molar-refractivity contribution in [3.05, 3.63) is 60.2 Å². The van der Waals surface area contributed by atoms with E-state index in [0.717, 1.165) is 13.1 Å². The minimum atomic E-state index is -0.109. The quantitative estimate of drug-likeness (QED) is 0.889. The minimum Gasteiger partial charge on any atom is -0.368 e. The van der Waals surface area contributed by atoms with E-state index < -0.39 is 0 Å². The predicted octanol–water partition coefficient (Wildman–Crippen LogP) is 2.79. The molecule has 0 atom stereocenters. The highest BCUT2D eigenvalue weighted by molar-refractivity contribution is 5.95. The van der Waals surface area contributed by atoms with Gasteiger partial charge < -0.3 is 20.4 Å². The van der Waals surface area contributed by atoms with Gasteiger partial charge in [-0.2, -0.15) is 0 Å². The number of urea groups is 1. The molecule has 2 aromatic carbocycles. The molecule has 1 aliphatic rings. The monoisotopic (exact) mass is 352 g/mol. The zero-order valence-corrected chi connectivity index (χ0v) is 14.9. The largest absolute Gasteiger partial charge is 0.368 e. The summed E-state index contributed by atoms with van der Waals surface area (Å²) < 4.78 is 0. The Balaban J connectivity index is 1.52. The molecular weight excluding hydrogens is 328 g/mol. The number of benzene rings is 2. The van der Waals surface area contributed by atoms with E-state index in [1.165, 1.54) is 5.69 Å². The van der Waals surface area contributed by atoms with Crippen LogP contribution in [0.5, 0.6) is 0 Å². The van der Waals surface area contributed by atoms with Crippen LogP contribution in [0.4, 0.5) is 16.2 Å². The Morgan fingerprint density at radius 1 is 0.923 bits per heavy atom. The fraction of sp³-hybridized carbons (Fsp3) is 0.300. The summed E-state index contributed by atoms with van der Waals surface area (Å²) in [4.78, 5) is 28.3. The second-order valence-electron chi connectivity index (χ2n) is 6.18. The maximum atomic E-state index is 12.4. The molecular formula is C20H24N4O2. The van der Waals surface area contributed by atoms with Crippen LogP contribution in [0.1, 0.15) is 17.3 Å². The van der Waals surface area contributed by atoms with Gasteiger partial charge >= 0.3 is 6.03 Å². The van der Waals surface area contributed by atoms with Crippen molar-refractivity contribution >= 4 is 23.3 Å². The summed E-state index contributed by atoms with van der Waals surface area (Å²) in [5.41, 5.74) is 2.46. The molecule has 1 heterocycles. The normalized spacial score (nSPS) is 14.0. The minimum absolute atomic E-state index is 0.108. The van der Waals surface area contributed by atoms with Crippen LogP contribution in [-0.4, -0.2) is 49.6 Å². The van der Waals surface area contributed by atoms with Crippen molar-refractivity contribution in [3.8, 4) is 0 Å². The van der Waals surface area contributed by atoms with E-state index in [4.69, 9.17) is 0 Å². The average molecular weight is 352 g/mol. The Morgan fingerprint density at radius 2 is 1.58 bits per heavy atom. The molecule has 136 valence electrons. The van der Waals surface area contributed by atoms with E-state index in [1.807, 2.05) is 30.0 Å². The summed E-state index contributed by atoms with van der Waals surface area (Å²) in [5, 5.41) is 5.65.